The van der Waals surface area contributed by atoms with Gasteiger partial charge in [-0.05, 0) is 37.2 Å². The van der Waals surface area contributed by atoms with E-state index in [1.807, 2.05) is 6.92 Å². The zero-order valence-electron chi connectivity index (χ0n) is 12.8. The molecule has 2 heterocycles. The molecule has 0 spiro atoms. The molecule has 0 radical (unpaired) electrons. The van der Waals surface area contributed by atoms with Gasteiger partial charge in [-0.25, -0.2) is 4.98 Å². The lowest BCUT2D eigenvalue weighted by Crippen LogP contribution is -2.35. The van der Waals surface area contributed by atoms with Crippen LogP contribution in [0.5, 0.6) is 0 Å². The molecule has 0 saturated heterocycles. The van der Waals surface area contributed by atoms with E-state index >= 15 is 0 Å². The molecule has 1 aliphatic rings. The summed E-state index contributed by atoms with van der Waals surface area (Å²) in [7, 11) is 2.18. The minimum atomic E-state index is 0.591. The van der Waals surface area contributed by atoms with E-state index in [-0.39, 0.29) is 0 Å². The fraction of sp³-hybridized carbons (Fsp3) is 0.600. The van der Waals surface area contributed by atoms with E-state index in [0.717, 1.165) is 22.2 Å². The van der Waals surface area contributed by atoms with Gasteiger partial charge in [0, 0.05) is 24.2 Å². The van der Waals surface area contributed by atoms with Crippen LogP contribution in [0.15, 0.2) is 5.38 Å². The summed E-state index contributed by atoms with van der Waals surface area (Å²) in [6, 6.07) is 0.591. The average molecular weight is 323 g/mol. The van der Waals surface area contributed by atoms with Gasteiger partial charge in [0.1, 0.15) is 15.8 Å². The van der Waals surface area contributed by atoms with Gasteiger partial charge in [-0.1, -0.05) is 19.8 Å². The molecule has 2 aromatic rings. The van der Waals surface area contributed by atoms with Gasteiger partial charge in [0.25, 0.3) is 0 Å². The molecule has 2 N–H and O–H groups in total. The maximum Gasteiger partial charge on any atom is 0.149 e. The second kappa shape index (κ2) is 5.93. The number of rotatable bonds is 3. The van der Waals surface area contributed by atoms with Gasteiger partial charge in [-0.2, -0.15) is 4.37 Å². The van der Waals surface area contributed by atoms with E-state index in [9.17, 15) is 0 Å². The van der Waals surface area contributed by atoms with Crippen molar-refractivity contribution in [1.29, 1.82) is 0 Å². The van der Waals surface area contributed by atoms with Crippen molar-refractivity contribution in [3.8, 4) is 10.6 Å². The van der Waals surface area contributed by atoms with Crippen LogP contribution in [-0.2, 0) is 0 Å². The highest BCUT2D eigenvalue weighted by molar-refractivity contribution is 7.15. The molecule has 2 aromatic heterocycles. The van der Waals surface area contributed by atoms with Crippen LogP contribution >= 0.6 is 22.9 Å². The second-order valence-electron chi connectivity index (χ2n) is 6.08. The van der Waals surface area contributed by atoms with Gasteiger partial charge in [0.2, 0.25) is 0 Å². The van der Waals surface area contributed by atoms with Crippen molar-refractivity contribution in [3.05, 3.63) is 11.1 Å². The number of thiazole rings is 1. The molecule has 0 bridgehead atoms. The molecule has 1 aliphatic carbocycles. The molecule has 0 aliphatic heterocycles. The quantitative estimate of drug-likeness (QED) is 0.921. The van der Waals surface area contributed by atoms with Crippen molar-refractivity contribution in [3.63, 3.8) is 0 Å². The molecular weight excluding hydrogens is 300 g/mol. The SMILES string of the molecule is Cc1csc(-c2c(N)nsc2N(C)C2CCCC(C)C2)n1. The summed E-state index contributed by atoms with van der Waals surface area (Å²) in [4.78, 5) is 6.98. The van der Waals surface area contributed by atoms with Crippen molar-refractivity contribution in [2.45, 2.75) is 45.6 Å². The first-order valence-corrected chi connectivity index (χ1v) is 9.12. The molecule has 21 heavy (non-hydrogen) atoms. The molecule has 2 unspecified atom stereocenters. The lowest BCUT2D eigenvalue weighted by Gasteiger charge is -2.34. The van der Waals surface area contributed by atoms with E-state index in [1.54, 1.807) is 11.3 Å². The summed E-state index contributed by atoms with van der Waals surface area (Å²) in [5, 5.41) is 4.23. The number of aryl methyl sites for hydroxylation is 1. The Kier molecular flexibility index (Phi) is 4.17. The van der Waals surface area contributed by atoms with Crippen LogP contribution in [0.25, 0.3) is 10.6 Å². The van der Waals surface area contributed by atoms with E-state index in [2.05, 4.69) is 33.6 Å². The van der Waals surface area contributed by atoms with E-state index in [0.29, 0.717) is 11.9 Å². The number of anilines is 2. The minimum absolute atomic E-state index is 0.591. The summed E-state index contributed by atoms with van der Waals surface area (Å²) in [5.74, 6) is 1.42. The zero-order chi connectivity index (χ0) is 15.0. The highest BCUT2D eigenvalue weighted by Gasteiger charge is 2.27. The van der Waals surface area contributed by atoms with Crippen LogP contribution in [0.2, 0.25) is 0 Å². The van der Waals surface area contributed by atoms with E-state index < -0.39 is 0 Å². The lowest BCUT2D eigenvalue weighted by atomic mass is 9.86. The van der Waals surface area contributed by atoms with Gasteiger partial charge in [-0.3, -0.25) is 0 Å². The monoisotopic (exact) mass is 322 g/mol. The normalized spacial score (nSPS) is 22.4. The zero-order valence-corrected chi connectivity index (χ0v) is 14.4. The van der Waals surface area contributed by atoms with Gasteiger partial charge in [-0.15, -0.1) is 11.3 Å². The highest BCUT2D eigenvalue weighted by Crippen LogP contribution is 2.42. The fourth-order valence-electron chi connectivity index (χ4n) is 3.12. The van der Waals surface area contributed by atoms with Gasteiger partial charge in [0.05, 0.1) is 5.56 Å². The summed E-state index contributed by atoms with van der Waals surface area (Å²) in [6.45, 7) is 4.37. The fourth-order valence-corrected chi connectivity index (χ4v) is 4.89. The van der Waals surface area contributed by atoms with Gasteiger partial charge < -0.3 is 10.6 Å². The number of aromatic nitrogens is 2. The first kappa shape index (κ1) is 14.8. The van der Waals surface area contributed by atoms with Crippen molar-refractivity contribution < 1.29 is 0 Å². The number of nitrogens with zero attached hydrogens (tertiary/aromatic N) is 3. The van der Waals surface area contributed by atoms with Crippen molar-refractivity contribution in [1.82, 2.24) is 9.36 Å². The number of hydrogen-bond acceptors (Lipinski definition) is 6. The molecule has 4 nitrogen and oxygen atoms in total. The molecular formula is C15H22N4S2. The number of nitrogen functional groups attached to an aromatic ring is 1. The van der Waals surface area contributed by atoms with Gasteiger partial charge in [0.15, 0.2) is 0 Å². The molecule has 114 valence electrons. The smallest absolute Gasteiger partial charge is 0.149 e. The third-order valence-electron chi connectivity index (χ3n) is 4.31. The average Bonchev–Trinajstić information content (AvgIpc) is 3.04. The first-order chi connectivity index (χ1) is 10.1. The third-order valence-corrected chi connectivity index (χ3v) is 6.24. The van der Waals surface area contributed by atoms with E-state index in [1.165, 1.54) is 42.2 Å². The van der Waals surface area contributed by atoms with E-state index in [4.69, 9.17) is 5.73 Å². The van der Waals surface area contributed by atoms with Crippen LogP contribution < -0.4 is 10.6 Å². The highest BCUT2D eigenvalue weighted by atomic mass is 32.1. The predicted molar refractivity (Wildman–Crippen MR) is 92.2 cm³/mol. The Morgan fingerprint density at radius 3 is 2.86 bits per heavy atom. The van der Waals surface area contributed by atoms with Gasteiger partial charge >= 0.3 is 0 Å². The Hall–Kier alpha value is -1.14. The number of nitrogens with two attached hydrogens (primary N) is 1. The maximum absolute atomic E-state index is 6.12. The minimum Gasteiger partial charge on any atom is -0.382 e. The molecule has 0 amide bonds. The van der Waals surface area contributed by atoms with Crippen LogP contribution in [-0.4, -0.2) is 22.4 Å². The Morgan fingerprint density at radius 1 is 1.38 bits per heavy atom. The number of hydrogen-bond donors (Lipinski definition) is 1. The summed E-state index contributed by atoms with van der Waals surface area (Å²) < 4.78 is 4.38. The van der Waals surface area contributed by atoms with Crippen LogP contribution in [0.1, 0.15) is 38.3 Å². The summed E-state index contributed by atoms with van der Waals surface area (Å²) >= 11 is 3.15. The first-order valence-electron chi connectivity index (χ1n) is 7.46. The van der Waals surface area contributed by atoms with Crippen LogP contribution in [0.3, 0.4) is 0 Å². The molecule has 6 heteroatoms. The topological polar surface area (TPSA) is 55.0 Å². The summed E-state index contributed by atoms with van der Waals surface area (Å²) in [5.41, 5.74) is 8.19. The van der Waals surface area contributed by atoms with Crippen LogP contribution in [0, 0.1) is 12.8 Å². The Labute approximate surface area is 134 Å². The molecule has 2 atom stereocenters. The molecule has 3 rings (SSSR count). The van der Waals surface area contributed by atoms with Crippen molar-refractivity contribution in [2.24, 2.45) is 5.92 Å². The third kappa shape index (κ3) is 2.92. The van der Waals surface area contributed by atoms with Crippen molar-refractivity contribution >= 4 is 33.7 Å². The largest absolute Gasteiger partial charge is 0.382 e. The molecule has 1 saturated carbocycles. The molecule has 1 fully saturated rings. The Balaban J connectivity index is 1.92. The standard InChI is InChI=1S/C15H22N4S2/c1-9-5-4-6-11(7-9)19(3)15-12(13(16)18-21-15)14-17-10(2)8-20-14/h8-9,11H,4-7H2,1-3H3,(H2,16,18). The molecule has 0 aromatic carbocycles. The van der Waals surface area contributed by atoms with Crippen molar-refractivity contribution in [2.75, 3.05) is 17.7 Å². The Bertz CT molecular complexity index is 619. The second-order valence-corrected chi connectivity index (χ2v) is 7.69. The Morgan fingerprint density at radius 2 is 2.19 bits per heavy atom. The lowest BCUT2D eigenvalue weighted by molar-refractivity contribution is 0.337. The summed E-state index contributed by atoms with van der Waals surface area (Å²) in [6.07, 6.45) is 5.18. The maximum atomic E-state index is 6.12. The predicted octanol–water partition coefficient (Wildman–Crippen LogP) is 4.17. The van der Waals surface area contributed by atoms with Crippen LogP contribution in [0.4, 0.5) is 10.8 Å².